The highest BCUT2D eigenvalue weighted by atomic mass is 16.5. The number of hydrogen-bond acceptors (Lipinski definition) is 4. The average molecular weight is 411 g/mol. The van der Waals surface area contributed by atoms with Gasteiger partial charge < -0.3 is 20.1 Å². The number of carbonyl (C=O) groups is 2. The van der Waals surface area contributed by atoms with E-state index in [4.69, 9.17) is 9.47 Å². The monoisotopic (exact) mass is 410 g/mol. The van der Waals surface area contributed by atoms with Crippen molar-refractivity contribution in [3.63, 3.8) is 0 Å². The zero-order valence-electron chi connectivity index (χ0n) is 17.9. The second-order valence-corrected chi connectivity index (χ2v) is 7.74. The van der Waals surface area contributed by atoms with Gasteiger partial charge in [0.15, 0.2) is 0 Å². The van der Waals surface area contributed by atoms with Gasteiger partial charge in [0.05, 0.1) is 12.5 Å². The van der Waals surface area contributed by atoms with Crippen molar-refractivity contribution in [1.29, 1.82) is 0 Å². The summed E-state index contributed by atoms with van der Waals surface area (Å²) >= 11 is 0. The van der Waals surface area contributed by atoms with E-state index in [9.17, 15) is 9.59 Å². The minimum absolute atomic E-state index is 0.0622. The van der Waals surface area contributed by atoms with E-state index in [0.717, 1.165) is 17.7 Å². The number of nitrogens with one attached hydrogen (secondary N) is 2. The average Bonchev–Trinajstić information content (AvgIpc) is 2.79. The Morgan fingerprint density at radius 1 is 1.07 bits per heavy atom. The lowest BCUT2D eigenvalue weighted by Gasteiger charge is -2.36. The van der Waals surface area contributed by atoms with E-state index in [0.29, 0.717) is 37.3 Å². The Kier molecular flexibility index (Phi) is 7.11. The SMILES string of the molecule is CC[C@H](C)NC(=O)c1ccc(NC(=O)C2(c3ccc(OC)cc3)CCOCC2)cc1. The molecule has 2 aromatic carbocycles. The molecule has 1 fully saturated rings. The fourth-order valence-corrected chi connectivity index (χ4v) is 3.64. The van der Waals surface area contributed by atoms with Crippen LogP contribution in [0.25, 0.3) is 0 Å². The summed E-state index contributed by atoms with van der Waals surface area (Å²) in [5, 5.41) is 5.98. The van der Waals surface area contributed by atoms with Crippen molar-refractivity contribution in [3.05, 3.63) is 59.7 Å². The molecule has 0 radical (unpaired) electrons. The summed E-state index contributed by atoms with van der Waals surface area (Å²) in [6.07, 6.45) is 2.10. The summed E-state index contributed by atoms with van der Waals surface area (Å²) in [6.45, 7) is 5.07. The predicted octanol–water partition coefficient (Wildman–Crippen LogP) is 3.91. The third-order valence-corrected chi connectivity index (χ3v) is 5.82. The molecule has 6 nitrogen and oxygen atoms in total. The molecule has 0 aliphatic carbocycles. The van der Waals surface area contributed by atoms with E-state index in [-0.39, 0.29) is 17.9 Å². The van der Waals surface area contributed by atoms with Crippen LogP contribution in [0.15, 0.2) is 48.5 Å². The Balaban J connectivity index is 1.76. The first-order valence-electron chi connectivity index (χ1n) is 10.4. The van der Waals surface area contributed by atoms with Crippen LogP contribution in [0.2, 0.25) is 0 Å². The van der Waals surface area contributed by atoms with Gasteiger partial charge in [0.1, 0.15) is 5.75 Å². The standard InChI is InChI=1S/C24H30N2O4/c1-4-17(2)25-22(27)18-5-9-20(10-6-18)26-23(28)24(13-15-30-16-14-24)19-7-11-21(29-3)12-8-19/h5-12,17H,4,13-16H2,1-3H3,(H,25,27)(H,26,28)/t17-/m0/s1. The summed E-state index contributed by atoms with van der Waals surface area (Å²) in [6, 6.07) is 14.8. The highest BCUT2D eigenvalue weighted by Crippen LogP contribution is 2.37. The van der Waals surface area contributed by atoms with Crippen molar-refractivity contribution in [3.8, 4) is 5.75 Å². The number of benzene rings is 2. The van der Waals surface area contributed by atoms with E-state index < -0.39 is 5.41 Å². The van der Waals surface area contributed by atoms with Gasteiger partial charge in [-0.05, 0) is 68.1 Å². The Bertz CT molecular complexity index is 856. The molecule has 1 heterocycles. The molecule has 2 N–H and O–H groups in total. The molecule has 160 valence electrons. The number of amides is 2. The van der Waals surface area contributed by atoms with Crippen LogP contribution >= 0.6 is 0 Å². The van der Waals surface area contributed by atoms with E-state index >= 15 is 0 Å². The van der Waals surface area contributed by atoms with E-state index in [2.05, 4.69) is 10.6 Å². The van der Waals surface area contributed by atoms with Gasteiger partial charge in [-0.15, -0.1) is 0 Å². The van der Waals surface area contributed by atoms with Gasteiger partial charge in [-0.2, -0.15) is 0 Å². The third kappa shape index (κ3) is 4.82. The van der Waals surface area contributed by atoms with Gasteiger partial charge in [-0.3, -0.25) is 9.59 Å². The summed E-state index contributed by atoms with van der Waals surface area (Å²) in [4.78, 5) is 25.6. The molecule has 3 rings (SSSR count). The smallest absolute Gasteiger partial charge is 0.251 e. The van der Waals surface area contributed by atoms with Gasteiger partial charge in [0.25, 0.3) is 5.91 Å². The molecule has 0 bridgehead atoms. The lowest BCUT2D eigenvalue weighted by Crippen LogP contribution is -2.44. The number of carbonyl (C=O) groups excluding carboxylic acids is 2. The first-order chi connectivity index (χ1) is 14.5. The molecule has 0 spiro atoms. The van der Waals surface area contributed by atoms with Crippen molar-refractivity contribution >= 4 is 17.5 Å². The zero-order valence-corrected chi connectivity index (χ0v) is 17.9. The maximum absolute atomic E-state index is 13.4. The van der Waals surface area contributed by atoms with Gasteiger partial charge in [-0.1, -0.05) is 19.1 Å². The lowest BCUT2D eigenvalue weighted by molar-refractivity contribution is -0.125. The zero-order chi connectivity index (χ0) is 21.6. The summed E-state index contributed by atoms with van der Waals surface area (Å²) < 4.78 is 10.8. The second-order valence-electron chi connectivity index (χ2n) is 7.74. The molecule has 6 heteroatoms. The van der Waals surface area contributed by atoms with Gasteiger partial charge in [-0.25, -0.2) is 0 Å². The molecule has 1 atom stereocenters. The van der Waals surface area contributed by atoms with Crippen LogP contribution in [0.3, 0.4) is 0 Å². The predicted molar refractivity (Wildman–Crippen MR) is 117 cm³/mol. The Morgan fingerprint density at radius 3 is 2.27 bits per heavy atom. The van der Waals surface area contributed by atoms with Gasteiger partial charge >= 0.3 is 0 Å². The minimum Gasteiger partial charge on any atom is -0.497 e. The first kappa shape index (κ1) is 21.8. The molecule has 0 saturated carbocycles. The number of methoxy groups -OCH3 is 1. The van der Waals surface area contributed by atoms with Crippen LogP contribution in [0, 0.1) is 0 Å². The van der Waals surface area contributed by atoms with Crippen LogP contribution < -0.4 is 15.4 Å². The molecule has 2 amide bonds. The van der Waals surface area contributed by atoms with E-state index in [1.54, 1.807) is 31.4 Å². The van der Waals surface area contributed by atoms with E-state index in [1.807, 2.05) is 38.1 Å². The second kappa shape index (κ2) is 9.76. The molecule has 30 heavy (non-hydrogen) atoms. The van der Waals surface area contributed by atoms with Crippen molar-refractivity contribution in [1.82, 2.24) is 5.32 Å². The fraction of sp³-hybridized carbons (Fsp3) is 0.417. The van der Waals surface area contributed by atoms with Crippen molar-refractivity contribution in [2.45, 2.75) is 44.6 Å². The Hall–Kier alpha value is -2.86. The van der Waals surface area contributed by atoms with Crippen molar-refractivity contribution in [2.24, 2.45) is 0 Å². The molecular weight excluding hydrogens is 380 g/mol. The minimum atomic E-state index is -0.656. The molecule has 1 aliphatic heterocycles. The maximum atomic E-state index is 13.4. The summed E-state index contributed by atoms with van der Waals surface area (Å²) in [5.41, 5.74) is 1.54. The highest BCUT2D eigenvalue weighted by molar-refractivity contribution is 6.00. The molecular formula is C24H30N2O4. The normalized spacial score (nSPS) is 16.4. The Morgan fingerprint density at radius 2 is 1.70 bits per heavy atom. The largest absolute Gasteiger partial charge is 0.497 e. The van der Waals surface area contributed by atoms with E-state index in [1.165, 1.54) is 0 Å². The lowest BCUT2D eigenvalue weighted by atomic mass is 9.73. The van der Waals surface area contributed by atoms with Crippen molar-refractivity contribution in [2.75, 3.05) is 25.6 Å². The number of ether oxygens (including phenoxy) is 2. The molecule has 0 unspecified atom stereocenters. The maximum Gasteiger partial charge on any atom is 0.251 e. The summed E-state index contributed by atoms with van der Waals surface area (Å²) in [7, 11) is 1.62. The molecule has 2 aromatic rings. The quantitative estimate of drug-likeness (QED) is 0.726. The van der Waals surface area contributed by atoms with Crippen LogP contribution in [-0.2, 0) is 14.9 Å². The molecule has 1 aliphatic rings. The van der Waals surface area contributed by atoms with Crippen LogP contribution in [-0.4, -0.2) is 38.2 Å². The number of hydrogen-bond donors (Lipinski definition) is 2. The first-order valence-corrected chi connectivity index (χ1v) is 10.4. The Labute approximate surface area is 178 Å². The van der Waals surface area contributed by atoms with Crippen LogP contribution in [0.5, 0.6) is 5.75 Å². The molecule has 1 saturated heterocycles. The third-order valence-electron chi connectivity index (χ3n) is 5.82. The van der Waals surface area contributed by atoms with Gasteiger partial charge in [0.2, 0.25) is 5.91 Å². The highest BCUT2D eigenvalue weighted by Gasteiger charge is 2.41. The topological polar surface area (TPSA) is 76.7 Å². The number of rotatable bonds is 7. The van der Waals surface area contributed by atoms with Crippen LogP contribution in [0.1, 0.15) is 49.0 Å². The van der Waals surface area contributed by atoms with Gasteiger partial charge in [0, 0.05) is 30.5 Å². The summed E-state index contributed by atoms with van der Waals surface area (Å²) in [5.74, 6) is 0.585. The van der Waals surface area contributed by atoms with Crippen molar-refractivity contribution < 1.29 is 19.1 Å². The molecule has 0 aromatic heterocycles. The number of anilines is 1. The van der Waals surface area contributed by atoms with Crippen LogP contribution in [0.4, 0.5) is 5.69 Å². The fourth-order valence-electron chi connectivity index (χ4n) is 3.64.